The van der Waals surface area contributed by atoms with Gasteiger partial charge >= 0.3 is 0 Å². The number of aliphatic hydroxyl groups is 1. The van der Waals surface area contributed by atoms with Gasteiger partial charge in [-0.15, -0.1) is 0 Å². The lowest BCUT2D eigenvalue weighted by Gasteiger charge is -2.32. The molecular formula is C14H17N3O3. The van der Waals surface area contributed by atoms with Gasteiger partial charge in [-0.25, -0.2) is 4.52 Å². The second kappa shape index (κ2) is 5.60. The normalized spacial score (nSPS) is 19.4. The molecule has 6 heteroatoms. The Hall–Kier alpha value is -1.92. The minimum atomic E-state index is -0.267. The van der Waals surface area contributed by atoms with Crippen LogP contribution in [0.4, 0.5) is 0 Å². The highest BCUT2D eigenvalue weighted by molar-refractivity contribution is 5.81. The maximum atomic E-state index is 12.3. The maximum Gasteiger partial charge on any atom is 0.227 e. The monoisotopic (exact) mass is 275 g/mol. The van der Waals surface area contributed by atoms with Crippen molar-refractivity contribution < 1.29 is 14.6 Å². The summed E-state index contributed by atoms with van der Waals surface area (Å²) in [4.78, 5) is 14.1. The van der Waals surface area contributed by atoms with Crippen molar-refractivity contribution in [1.82, 2.24) is 14.5 Å². The van der Waals surface area contributed by atoms with E-state index in [4.69, 9.17) is 9.84 Å². The molecule has 1 unspecified atom stereocenters. The number of nitrogens with zero attached hydrogens (tertiary/aromatic N) is 3. The zero-order chi connectivity index (χ0) is 13.9. The van der Waals surface area contributed by atoms with Crippen molar-refractivity contribution in [3.8, 4) is 0 Å². The van der Waals surface area contributed by atoms with Crippen molar-refractivity contribution in [1.29, 1.82) is 0 Å². The number of amides is 1. The number of ether oxygens (including phenoxy) is 1. The first-order valence-electron chi connectivity index (χ1n) is 6.69. The molecule has 1 atom stereocenters. The smallest absolute Gasteiger partial charge is 0.227 e. The molecule has 1 fully saturated rings. The minimum Gasteiger partial charge on any atom is -0.394 e. The van der Waals surface area contributed by atoms with E-state index in [1.165, 1.54) is 0 Å². The molecule has 0 spiro atoms. The van der Waals surface area contributed by atoms with E-state index >= 15 is 0 Å². The Labute approximate surface area is 116 Å². The fraction of sp³-hybridized carbons (Fsp3) is 0.429. The van der Waals surface area contributed by atoms with Gasteiger partial charge in [0.1, 0.15) is 0 Å². The highest BCUT2D eigenvalue weighted by Gasteiger charge is 2.24. The summed E-state index contributed by atoms with van der Waals surface area (Å²) in [5, 5.41) is 13.3. The Balaban J connectivity index is 1.72. The molecule has 1 aliphatic heterocycles. The minimum absolute atomic E-state index is 0.0468. The van der Waals surface area contributed by atoms with Gasteiger partial charge in [0, 0.05) is 24.8 Å². The first kappa shape index (κ1) is 13.1. The van der Waals surface area contributed by atoms with Gasteiger partial charge in [-0.3, -0.25) is 4.79 Å². The van der Waals surface area contributed by atoms with Gasteiger partial charge in [0.2, 0.25) is 5.91 Å². The molecule has 2 aromatic heterocycles. The van der Waals surface area contributed by atoms with Crippen LogP contribution in [0.25, 0.3) is 5.52 Å². The number of morpholine rings is 1. The lowest BCUT2D eigenvalue weighted by Crippen LogP contribution is -2.47. The fourth-order valence-electron chi connectivity index (χ4n) is 2.45. The van der Waals surface area contributed by atoms with Gasteiger partial charge in [-0.1, -0.05) is 6.07 Å². The van der Waals surface area contributed by atoms with Crippen LogP contribution < -0.4 is 0 Å². The highest BCUT2D eigenvalue weighted by Crippen LogP contribution is 2.13. The summed E-state index contributed by atoms with van der Waals surface area (Å²) in [5.41, 5.74) is 1.87. The van der Waals surface area contributed by atoms with Crippen LogP contribution in [0, 0.1) is 0 Å². The molecular weight excluding hydrogens is 258 g/mol. The predicted molar refractivity (Wildman–Crippen MR) is 72.3 cm³/mol. The first-order valence-corrected chi connectivity index (χ1v) is 6.69. The zero-order valence-electron chi connectivity index (χ0n) is 11.1. The van der Waals surface area contributed by atoms with Gasteiger partial charge in [-0.2, -0.15) is 5.10 Å². The lowest BCUT2D eigenvalue weighted by atomic mass is 10.1. The van der Waals surface area contributed by atoms with Gasteiger partial charge in [0.05, 0.1) is 37.5 Å². The van der Waals surface area contributed by atoms with Crippen molar-refractivity contribution in [3.63, 3.8) is 0 Å². The van der Waals surface area contributed by atoms with E-state index in [1.54, 1.807) is 15.6 Å². The van der Waals surface area contributed by atoms with Crippen LogP contribution >= 0.6 is 0 Å². The van der Waals surface area contributed by atoms with Gasteiger partial charge < -0.3 is 14.7 Å². The molecule has 3 heterocycles. The zero-order valence-corrected chi connectivity index (χ0v) is 11.1. The predicted octanol–water partition coefficient (Wildman–Crippen LogP) is 0.0965. The summed E-state index contributed by atoms with van der Waals surface area (Å²) in [7, 11) is 0. The number of hydrogen-bond acceptors (Lipinski definition) is 4. The summed E-state index contributed by atoms with van der Waals surface area (Å²) in [5.74, 6) is 0.0468. The van der Waals surface area contributed by atoms with E-state index in [0.717, 1.165) is 11.1 Å². The third kappa shape index (κ3) is 2.52. The summed E-state index contributed by atoms with van der Waals surface area (Å²) < 4.78 is 7.11. The van der Waals surface area contributed by atoms with Crippen molar-refractivity contribution >= 4 is 11.4 Å². The summed E-state index contributed by atoms with van der Waals surface area (Å²) >= 11 is 0. The second-order valence-electron chi connectivity index (χ2n) is 4.89. The van der Waals surface area contributed by atoms with Crippen molar-refractivity contribution in [2.75, 3.05) is 26.3 Å². The SMILES string of the molecule is O=C(Cc1cnn2ccccc12)N1CCOC(CO)C1. The molecule has 1 aliphatic rings. The number of carbonyl (C=O) groups is 1. The molecule has 20 heavy (non-hydrogen) atoms. The van der Waals surface area contributed by atoms with Crippen LogP contribution in [0.3, 0.4) is 0 Å². The molecule has 2 aromatic rings. The van der Waals surface area contributed by atoms with Crippen LogP contribution in [0.2, 0.25) is 0 Å². The van der Waals surface area contributed by atoms with E-state index in [2.05, 4.69) is 5.10 Å². The number of rotatable bonds is 3. The highest BCUT2D eigenvalue weighted by atomic mass is 16.5. The van der Waals surface area contributed by atoms with E-state index in [9.17, 15) is 4.79 Å². The standard InChI is InChI=1S/C14H17N3O3/c18-10-12-9-16(5-6-20-12)14(19)7-11-8-15-17-4-2-1-3-13(11)17/h1-4,8,12,18H,5-7,9-10H2. The molecule has 0 aliphatic carbocycles. The molecule has 0 bridgehead atoms. The number of carbonyl (C=O) groups excluding carboxylic acids is 1. The van der Waals surface area contributed by atoms with Gasteiger partial charge in [0.25, 0.3) is 0 Å². The quantitative estimate of drug-likeness (QED) is 0.862. The molecule has 1 N–H and O–H groups in total. The number of aliphatic hydroxyl groups excluding tert-OH is 1. The Morgan fingerprint density at radius 3 is 3.25 bits per heavy atom. The molecule has 0 radical (unpaired) electrons. The topological polar surface area (TPSA) is 67.1 Å². The van der Waals surface area contributed by atoms with E-state index in [0.29, 0.717) is 26.1 Å². The van der Waals surface area contributed by atoms with E-state index in [-0.39, 0.29) is 18.6 Å². The molecule has 0 saturated carbocycles. The molecule has 1 amide bonds. The Morgan fingerprint density at radius 2 is 2.40 bits per heavy atom. The molecule has 106 valence electrons. The van der Waals surface area contributed by atoms with E-state index in [1.807, 2.05) is 24.4 Å². The Kier molecular flexibility index (Phi) is 3.66. The average Bonchev–Trinajstić information content (AvgIpc) is 2.90. The Bertz CT molecular complexity index is 610. The lowest BCUT2D eigenvalue weighted by molar-refractivity contribution is -0.139. The molecule has 0 aromatic carbocycles. The van der Waals surface area contributed by atoms with Crippen molar-refractivity contribution in [3.05, 3.63) is 36.2 Å². The van der Waals surface area contributed by atoms with Crippen LogP contribution in [-0.4, -0.2) is 57.9 Å². The first-order chi connectivity index (χ1) is 9.78. The van der Waals surface area contributed by atoms with Crippen molar-refractivity contribution in [2.45, 2.75) is 12.5 Å². The van der Waals surface area contributed by atoms with Crippen LogP contribution in [0.5, 0.6) is 0 Å². The van der Waals surface area contributed by atoms with Crippen LogP contribution in [0.15, 0.2) is 30.6 Å². The third-order valence-electron chi connectivity index (χ3n) is 3.54. The molecule has 1 saturated heterocycles. The third-order valence-corrected chi connectivity index (χ3v) is 3.54. The molecule has 6 nitrogen and oxygen atoms in total. The van der Waals surface area contributed by atoms with Crippen LogP contribution in [-0.2, 0) is 16.0 Å². The molecule has 3 rings (SSSR count). The largest absolute Gasteiger partial charge is 0.394 e. The number of pyridine rings is 1. The van der Waals surface area contributed by atoms with Gasteiger partial charge in [-0.05, 0) is 12.1 Å². The second-order valence-corrected chi connectivity index (χ2v) is 4.89. The van der Waals surface area contributed by atoms with E-state index < -0.39 is 0 Å². The van der Waals surface area contributed by atoms with Crippen molar-refractivity contribution in [2.24, 2.45) is 0 Å². The number of hydrogen-bond donors (Lipinski definition) is 1. The Morgan fingerprint density at radius 1 is 1.50 bits per heavy atom. The number of aromatic nitrogens is 2. The van der Waals surface area contributed by atoms with Gasteiger partial charge in [0.15, 0.2) is 0 Å². The number of fused-ring (bicyclic) bond motifs is 1. The summed E-state index contributed by atoms with van der Waals surface area (Å²) in [6.07, 6.45) is 3.65. The fourth-order valence-corrected chi connectivity index (χ4v) is 2.45. The maximum absolute atomic E-state index is 12.3. The average molecular weight is 275 g/mol. The van der Waals surface area contributed by atoms with Crippen LogP contribution in [0.1, 0.15) is 5.56 Å². The summed E-state index contributed by atoms with van der Waals surface area (Å²) in [6, 6.07) is 5.78. The summed E-state index contributed by atoms with van der Waals surface area (Å²) in [6.45, 7) is 1.45.